The summed E-state index contributed by atoms with van der Waals surface area (Å²) in [6, 6.07) is 3.90. The maximum atomic E-state index is 11.7. The molecule has 0 aliphatic heterocycles. The maximum absolute atomic E-state index is 11.7. The van der Waals surface area contributed by atoms with Gasteiger partial charge in [-0.05, 0) is 24.1 Å². The van der Waals surface area contributed by atoms with Gasteiger partial charge in [-0.15, -0.1) is 0 Å². The van der Waals surface area contributed by atoms with Crippen molar-refractivity contribution in [2.45, 2.75) is 19.9 Å². The predicted octanol–water partition coefficient (Wildman–Crippen LogP) is 2.00. The molecule has 7 heteroatoms. The van der Waals surface area contributed by atoms with Crippen LogP contribution in [0.3, 0.4) is 0 Å². The van der Waals surface area contributed by atoms with Crippen LogP contribution in [-0.4, -0.2) is 24.5 Å². The third-order valence-electron chi connectivity index (χ3n) is 2.50. The van der Waals surface area contributed by atoms with E-state index in [0.29, 0.717) is 15.8 Å². The van der Waals surface area contributed by atoms with Crippen LogP contribution in [0, 0.1) is 5.92 Å². The topological polar surface area (TPSA) is 81.4 Å². The van der Waals surface area contributed by atoms with E-state index < -0.39 is 17.9 Å². The molecule has 1 aromatic carbocycles. The Kier molecular flexibility index (Phi) is 6.10. The quantitative estimate of drug-likeness (QED) is 0.841. The van der Waals surface area contributed by atoms with E-state index in [9.17, 15) is 9.59 Å². The number of nitrogens with two attached hydrogens (primary N) is 1. The number of rotatable bonds is 6. The first-order valence-corrected chi connectivity index (χ1v) is 6.72. The maximum Gasteiger partial charge on any atom is 0.258 e. The third kappa shape index (κ3) is 5.27. The predicted molar refractivity (Wildman–Crippen MR) is 77.9 cm³/mol. The van der Waals surface area contributed by atoms with Crippen molar-refractivity contribution in [3.05, 3.63) is 28.2 Å². The van der Waals surface area contributed by atoms with Crippen molar-refractivity contribution in [2.75, 3.05) is 6.61 Å². The molecule has 0 fully saturated rings. The van der Waals surface area contributed by atoms with Gasteiger partial charge in [0.15, 0.2) is 6.61 Å². The van der Waals surface area contributed by atoms with Gasteiger partial charge in [0.2, 0.25) is 5.91 Å². The summed E-state index contributed by atoms with van der Waals surface area (Å²) in [6.45, 7) is 3.31. The van der Waals surface area contributed by atoms with Gasteiger partial charge in [0.05, 0.1) is 0 Å². The summed E-state index contributed by atoms with van der Waals surface area (Å²) < 4.78 is 5.26. The van der Waals surface area contributed by atoms with Crippen LogP contribution in [0.5, 0.6) is 5.75 Å². The Balaban J connectivity index is 2.56. The van der Waals surface area contributed by atoms with Crippen LogP contribution < -0.4 is 15.8 Å². The smallest absolute Gasteiger partial charge is 0.258 e. The van der Waals surface area contributed by atoms with Crippen LogP contribution in [0.1, 0.15) is 13.8 Å². The molecule has 0 bridgehead atoms. The number of ether oxygens (including phenoxy) is 1. The summed E-state index contributed by atoms with van der Waals surface area (Å²) in [5.74, 6) is -0.757. The van der Waals surface area contributed by atoms with Gasteiger partial charge in [-0.25, -0.2) is 0 Å². The largest absolute Gasteiger partial charge is 0.484 e. The van der Waals surface area contributed by atoms with Crippen molar-refractivity contribution in [3.8, 4) is 5.75 Å². The Labute approximate surface area is 127 Å². The van der Waals surface area contributed by atoms with Crippen LogP contribution in [0.15, 0.2) is 18.2 Å². The molecule has 110 valence electrons. The lowest BCUT2D eigenvalue weighted by molar-refractivity contribution is -0.129. The number of benzene rings is 1. The van der Waals surface area contributed by atoms with Crippen molar-refractivity contribution in [1.29, 1.82) is 0 Å². The SMILES string of the molecule is CC(C)[C@@H](NC(=O)COc1cc(Cl)cc(Cl)c1)C(N)=O. The van der Waals surface area contributed by atoms with E-state index in [1.165, 1.54) is 12.1 Å². The number of amides is 2. The minimum absolute atomic E-state index is 0.0999. The molecule has 0 radical (unpaired) electrons. The molecular weight excluding hydrogens is 303 g/mol. The first-order valence-electron chi connectivity index (χ1n) is 5.97. The van der Waals surface area contributed by atoms with E-state index in [1.807, 2.05) is 0 Å². The second-order valence-corrected chi connectivity index (χ2v) is 5.46. The molecule has 1 aromatic rings. The standard InChI is InChI=1S/C13H16Cl2N2O3/c1-7(2)12(13(16)19)17-11(18)6-20-10-4-8(14)3-9(15)5-10/h3-5,7,12H,6H2,1-2H3,(H2,16,19)(H,17,18)/t12-/m1/s1. The molecular formula is C13H16Cl2N2O3. The monoisotopic (exact) mass is 318 g/mol. The van der Waals surface area contributed by atoms with Gasteiger partial charge in [-0.1, -0.05) is 37.0 Å². The van der Waals surface area contributed by atoms with E-state index in [0.717, 1.165) is 0 Å². The molecule has 20 heavy (non-hydrogen) atoms. The van der Waals surface area contributed by atoms with Crippen LogP contribution in [0.4, 0.5) is 0 Å². The average Bonchev–Trinajstić information content (AvgIpc) is 2.31. The minimum atomic E-state index is -0.728. The fraction of sp³-hybridized carbons (Fsp3) is 0.385. The van der Waals surface area contributed by atoms with E-state index >= 15 is 0 Å². The number of nitrogens with one attached hydrogen (secondary N) is 1. The summed E-state index contributed by atoms with van der Waals surface area (Å²) in [6.07, 6.45) is 0. The molecule has 0 aromatic heterocycles. The van der Waals surface area contributed by atoms with Crippen molar-refractivity contribution in [3.63, 3.8) is 0 Å². The van der Waals surface area contributed by atoms with Gasteiger partial charge in [-0.3, -0.25) is 9.59 Å². The lowest BCUT2D eigenvalue weighted by atomic mass is 10.0. The molecule has 1 rings (SSSR count). The Bertz CT molecular complexity index is 486. The molecule has 3 N–H and O–H groups in total. The number of primary amides is 1. The number of carbonyl (C=O) groups is 2. The van der Waals surface area contributed by atoms with Gasteiger partial charge in [0, 0.05) is 10.0 Å². The van der Waals surface area contributed by atoms with Crippen LogP contribution in [0.2, 0.25) is 10.0 Å². The van der Waals surface area contributed by atoms with Gasteiger partial charge >= 0.3 is 0 Å². The van der Waals surface area contributed by atoms with E-state index in [-0.39, 0.29) is 12.5 Å². The molecule has 0 heterocycles. The van der Waals surface area contributed by atoms with Gasteiger partial charge in [0.25, 0.3) is 5.91 Å². The highest BCUT2D eigenvalue weighted by Crippen LogP contribution is 2.24. The minimum Gasteiger partial charge on any atom is -0.484 e. The molecule has 0 aliphatic carbocycles. The normalized spacial score (nSPS) is 12.1. The Morgan fingerprint density at radius 1 is 1.25 bits per heavy atom. The first-order chi connectivity index (χ1) is 9.29. The number of halogens is 2. The van der Waals surface area contributed by atoms with E-state index in [4.69, 9.17) is 33.7 Å². The molecule has 0 saturated heterocycles. The molecule has 0 aliphatic rings. The summed E-state index contributed by atoms with van der Waals surface area (Å²) in [5, 5.41) is 3.33. The molecule has 2 amide bonds. The number of carbonyl (C=O) groups excluding carboxylic acids is 2. The van der Waals surface area contributed by atoms with Crippen LogP contribution in [0.25, 0.3) is 0 Å². The number of hydrogen-bond acceptors (Lipinski definition) is 3. The molecule has 0 unspecified atom stereocenters. The lowest BCUT2D eigenvalue weighted by Crippen LogP contribution is -2.49. The van der Waals surface area contributed by atoms with E-state index in [2.05, 4.69) is 5.32 Å². The second-order valence-electron chi connectivity index (χ2n) is 4.59. The molecule has 1 atom stereocenters. The number of hydrogen-bond donors (Lipinski definition) is 2. The zero-order chi connectivity index (χ0) is 15.3. The summed E-state index contributed by atoms with van der Waals surface area (Å²) in [4.78, 5) is 22.9. The Hall–Kier alpha value is -1.46. The highest BCUT2D eigenvalue weighted by molar-refractivity contribution is 6.34. The van der Waals surface area contributed by atoms with Gasteiger partial charge < -0.3 is 15.8 Å². The highest BCUT2D eigenvalue weighted by Gasteiger charge is 2.21. The molecule has 0 saturated carbocycles. The third-order valence-corrected chi connectivity index (χ3v) is 2.93. The average molecular weight is 319 g/mol. The molecule has 5 nitrogen and oxygen atoms in total. The van der Waals surface area contributed by atoms with Gasteiger partial charge in [0.1, 0.15) is 11.8 Å². The van der Waals surface area contributed by atoms with Gasteiger partial charge in [-0.2, -0.15) is 0 Å². The van der Waals surface area contributed by atoms with Crippen molar-refractivity contribution >= 4 is 35.0 Å². The summed E-state index contributed by atoms with van der Waals surface area (Å²) >= 11 is 11.6. The van der Waals surface area contributed by atoms with Crippen molar-refractivity contribution in [1.82, 2.24) is 5.32 Å². The lowest BCUT2D eigenvalue weighted by Gasteiger charge is -2.19. The first kappa shape index (κ1) is 16.6. The summed E-state index contributed by atoms with van der Waals surface area (Å²) in [7, 11) is 0. The highest BCUT2D eigenvalue weighted by atomic mass is 35.5. The van der Waals surface area contributed by atoms with Crippen LogP contribution >= 0.6 is 23.2 Å². The van der Waals surface area contributed by atoms with Crippen molar-refractivity contribution in [2.24, 2.45) is 11.7 Å². The fourth-order valence-electron chi connectivity index (χ4n) is 1.54. The second kappa shape index (κ2) is 7.36. The molecule has 0 spiro atoms. The Morgan fingerprint density at radius 2 is 1.80 bits per heavy atom. The fourth-order valence-corrected chi connectivity index (χ4v) is 2.05. The Morgan fingerprint density at radius 3 is 2.25 bits per heavy atom. The van der Waals surface area contributed by atoms with Crippen molar-refractivity contribution < 1.29 is 14.3 Å². The zero-order valence-electron chi connectivity index (χ0n) is 11.2. The summed E-state index contributed by atoms with van der Waals surface area (Å²) in [5.41, 5.74) is 5.20. The zero-order valence-corrected chi connectivity index (χ0v) is 12.7. The van der Waals surface area contributed by atoms with Crippen LogP contribution in [-0.2, 0) is 9.59 Å². The van der Waals surface area contributed by atoms with E-state index in [1.54, 1.807) is 19.9 Å².